The molecule has 0 aliphatic carbocycles. The Bertz CT molecular complexity index is 219. The maximum Gasteiger partial charge on any atom is 0.272 e. The van der Waals surface area contributed by atoms with Gasteiger partial charge in [-0.15, -0.1) is 0 Å². The van der Waals surface area contributed by atoms with Crippen LogP contribution in [0.15, 0.2) is 22.8 Å². The predicted octanol–water partition coefficient (Wildman–Crippen LogP) is 1.03. The molecule has 4 nitrogen and oxygen atoms in total. The number of pyridine rings is 1. The van der Waals surface area contributed by atoms with Crippen molar-refractivity contribution in [2.24, 2.45) is 5.90 Å². The summed E-state index contributed by atoms with van der Waals surface area (Å²) < 4.78 is 0.695. The zero-order valence-electron chi connectivity index (χ0n) is 4.95. The first-order chi connectivity index (χ1) is 4.84. The second-order valence-electron chi connectivity index (χ2n) is 1.47. The van der Waals surface area contributed by atoms with E-state index in [9.17, 15) is 0 Å². The van der Waals surface area contributed by atoms with Crippen molar-refractivity contribution in [3.05, 3.63) is 22.8 Å². The summed E-state index contributed by atoms with van der Waals surface area (Å²) in [5, 5.41) is 0. The minimum atomic E-state index is 0.310. The standard InChI is InChI=1S/C5H5BrN2O2/c6-4-2-1-3-8-5(4)9-10-7/h1-3H,7H2. The van der Waals surface area contributed by atoms with E-state index >= 15 is 0 Å². The molecular formula is C5H5BrN2O2. The van der Waals surface area contributed by atoms with Crippen molar-refractivity contribution in [1.82, 2.24) is 4.98 Å². The summed E-state index contributed by atoms with van der Waals surface area (Å²) in [4.78, 5) is 12.2. The van der Waals surface area contributed by atoms with Gasteiger partial charge in [0, 0.05) is 6.20 Å². The van der Waals surface area contributed by atoms with Gasteiger partial charge in [-0.1, -0.05) is 4.99 Å². The summed E-state index contributed by atoms with van der Waals surface area (Å²) in [5.41, 5.74) is 0. The van der Waals surface area contributed by atoms with Crippen LogP contribution in [0, 0.1) is 0 Å². The van der Waals surface area contributed by atoms with Crippen LogP contribution in [0.4, 0.5) is 0 Å². The van der Waals surface area contributed by atoms with Gasteiger partial charge in [0.15, 0.2) is 0 Å². The number of hydrogen-bond donors (Lipinski definition) is 1. The highest BCUT2D eigenvalue weighted by atomic mass is 79.9. The van der Waals surface area contributed by atoms with Gasteiger partial charge in [0.2, 0.25) is 0 Å². The number of halogens is 1. The first-order valence-electron chi connectivity index (χ1n) is 2.48. The average Bonchev–Trinajstić information content (AvgIpc) is 1.94. The van der Waals surface area contributed by atoms with Crippen LogP contribution in [0.2, 0.25) is 0 Å². The summed E-state index contributed by atoms with van der Waals surface area (Å²) in [5.74, 6) is 4.96. The van der Waals surface area contributed by atoms with Crippen LogP contribution in [0.3, 0.4) is 0 Å². The Kier molecular flexibility index (Phi) is 2.61. The smallest absolute Gasteiger partial charge is 0.272 e. The summed E-state index contributed by atoms with van der Waals surface area (Å²) in [6.45, 7) is 0. The van der Waals surface area contributed by atoms with Crippen molar-refractivity contribution in [3.8, 4) is 5.88 Å². The quantitative estimate of drug-likeness (QED) is 0.578. The second kappa shape index (κ2) is 3.50. The van der Waals surface area contributed by atoms with Crippen LogP contribution in [0.5, 0.6) is 5.88 Å². The Labute approximate surface area is 66.0 Å². The number of nitrogens with zero attached hydrogens (tertiary/aromatic N) is 1. The molecule has 0 saturated heterocycles. The van der Waals surface area contributed by atoms with Crippen molar-refractivity contribution in [3.63, 3.8) is 0 Å². The molecule has 0 fully saturated rings. The Morgan fingerprint density at radius 2 is 2.40 bits per heavy atom. The van der Waals surface area contributed by atoms with Crippen molar-refractivity contribution in [2.75, 3.05) is 0 Å². The fourth-order valence-corrected chi connectivity index (χ4v) is 0.799. The third-order valence-electron chi connectivity index (χ3n) is 0.852. The van der Waals surface area contributed by atoms with E-state index < -0.39 is 0 Å². The van der Waals surface area contributed by atoms with Gasteiger partial charge in [-0.2, -0.15) is 5.90 Å². The molecule has 0 aromatic carbocycles. The number of hydrogen-bond acceptors (Lipinski definition) is 4. The molecule has 5 heteroatoms. The lowest BCUT2D eigenvalue weighted by Crippen LogP contribution is -2.04. The molecule has 0 unspecified atom stereocenters. The summed E-state index contributed by atoms with van der Waals surface area (Å²) >= 11 is 3.17. The monoisotopic (exact) mass is 204 g/mol. The predicted molar refractivity (Wildman–Crippen MR) is 37.8 cm³/mol. The lowest BCUT2D eigenvalue weighted by Gasteiger charge is -1.98. The van der Waals surface area contributed by atoms with Gasteiger partial charge in [-0.3, -0.25) is 4.89 Å². The number of aromatic nitrogens is 1. The third kappa shape index (κ3) is 1.66. The van der Waals surface area contributed by atoms with E-state index in [-0.39, 0.29) is 0 Å². The fourth-order valence-electron chi connectivity index (χ4n) is 0.478. The first-order valence-corrected chi connectivity index (χ1v) is 3.28. The molecule has 0 radical (unpaired) electrons. The van der Waals surface area contributed by atoms with Crippen molar-refractivity contribution >= 4 is 15.9 Å². The van der Waals surface area contributed by atoms with E-state index in [0.717, 1.165) is 0 Å². The Morgan fingerprint density at radius 3 is 3.00 bits per heavy atom. The minimum Gasteiger partial charge on any atom is -0.298 e. The molecule has 1 aromatic heterocycles. The van der Waals surface area contributed by atoms with Crippen LogP contribution < -0.4 is 10.8 Å². The lowest BCUT2D eigenvalue weighted by molar-refractivity contribution is -0.215. The van der Waals surface area contributed by atoms with Gasteiger partial charge >= 0.3 is 0 Å². The molecule has 10 heavy (non-hydrogen) atoms. The normalized spacial score (nSPS) is 9.40. The summed E-state index contributed by atoms with van der Waals surface area (Å²) in [7, 11) is 0. The zero-order valence-corrected chi connectivity index (χ0v) is 6.54. The molecule has 0 spiro atoms. The Hall–Kier alpha value is -0.650. The maximum absolute atomic E-state index is 4.65. The minimum absolute atomic E-state index is 0.310. The Morgan fingerprint density at radius 1 is 1.60 bits per heavy atom. The molecular weight excluding hydrogens is 200 g/mol. The van der Waals surface area contributed by atoms with E-state index in [4.69, 9.17) is 0 Å². The first kappa shape index (κ1) is 7.46. The molecule has 0 bridgehead atoms. The molecule has 1 heterocycles. The van der Waals surface area contributed by atoms with Gasteiger partial charge in [0.05, 0.1) is 4.47 Å². The number of nitrogens with two attached hydrogens (primary N) is 1. The van der Waals surface area contributed by atoms with E-state index in [1.54, 1.807) is 18.3 Å². The van der Waals surface area contributed by atoms with Gasteiger partial charge < -0.3 is 0 Å². The van der Waals surface area contributed by atoms with E-state index in [0.29, 0.717) is 10.4 Å². The number of rotatable bonds is 2. The lowest BCUT2D eigenvalue weighted by atomic mass is 10.5. The molecule has 0 aliphatic rings. The summed E-state index contributed by atoms with van der Waals surface area (Å²) in [6, 6.07) is 3.52. The third-order valence-corrected chi connectivity index (χ3v) is 1.46. The molecule has 1 rings (SSSR count). The molecule has 0 aliphatic heterocycles. The largest absolute Gasteiger partial charge is 0.298 e. The van der Waals surface area contributed by atoms with Crippen LogP contribution in [0.1, 0.15) is 0 Å². The van der Waals surface area contributed by atoms with E-state index in [1.807, 2.05) is 0 Å². The van der Waals surface area contributed by atoms with E-state index in [2.05, 4.69) is 36.7 Å². The topological polar surface area (TPSA) is 57.4 Å². The van der Waals surface area contributed by atoms with Gasteiger partial charge in [0.1, 0.15) is 0 Å². The summed E-state index contributed by atoms with van der Waals surface area (Å²) in [6.07, 6.45) is 1.57. The molecule has 0 atom stereocenters. The van der Waals surface area contributed by atoms with Gasteiger partial charge in [-0.05, 0) is 28.1 Å². The Balaban J connectivity index is 2.81. The maximum atomic E-state index is 4.65. The molecule has 0 saturated carbocycles. The van der Waals surface area contributed by atoms with Crippen molar-refractivity contribution in [2.45, 2.75) is 0 Å². The van der Waals surface area contributed by atoms with E-state index in [1.165, 1.54) is 0 Å². The van der Waals surface area contributed by atoms with Crippen LogP contribution in [-0.2, 0) is 4.99 Å². The SMILES string of the molecule is NOOc1ncccc1Br. The van der Waals surface area contributed by atoms with Crippen LogP contribution >= 0.6 is 15.9 Å². The van der Waals surface area contributed by atoms with Crippen LogP contribution in [-0.4, -0.2) is 4.98 Å². The van der Waals surface area contributed by atoms with Gasteiger partial charge in [0.25, 0.3) is 5.88 Å². The zero-order chi connectivity index (χ0) is 7.40. The molecule has 1 aromatic rings. The highest BCUT2D eigenvalue weighted by molar-refractivity contribution is 9.10. The van der Waals surface area contributed by atoms with Crippen molar-refractivity contribution in [1.29, 1.82) is 0 Å². The average molecular weight is 205 g/mol. The molecule has 2 N–H and O–H groups in total. The highest BCUT2D eigenvalue weighted by Gasteiger charge is 1.99. The molecule has 54 valence electrons. The fraction of sp³-hybridized carbons (Fsp3) is 0. The van der Waals surface area contributed by atoms with Crippen LogP contribution in [0.25, 0.3) is 0 Å². The highest BCUT2D eigenvalue weighted by Crippen LogP contribution is 2.19. The second-order valence-corrected chi connectivity index (χ2v) is 2.32. The van der Waals surface area contributed by atoms with Gasteiger partial charge in [-0.25, -0.2) is 4.98 Å². The molecule has 0 amide bonds. The van der Waals surface area contributed by atoms with Crippen molar-refractivity contribution < 1.29 is 9.88 Å².